The summed E-state index contributed by atoms with van der Waals surface area (Å²) >= 11 is 0. The fraction of sp³-hybridized carbons (Fsp3) is 0.158. The van der Waals surface area contributed by atoms with E-state index in [2.05, 4.69) is 81.4 Å². The van der Waals surface area contributed by atoms with Crippen molar-refractivity contribution in [3.05, 3.63) is 192 Å². The number of aryl methyl sites for hydroxylation is 2. The van der Waals surface area contributed by atoms with Gasteiger partial charge < -0.3 is 5.11 Å². The van der Waals surface area contributed by atoms with Crippen LogP contribution < -0.4 is 0 Å². The Morgan fingerprint density at radius 3 is 2.02 bits per heavy atom. The average Bonchev–Trinajstić information content (AvgIpc) is 3.71. The first-order valence-electron chi connectivity index (χ1n) is 23.8. The van der Waals surface area contributed by atoms with E-state index in [4.69, 9.17) is 18.2 Å². The maximum atomic E-state index is 12.3. The summed E-state index contributed by atoms with van der Waals surface area (Å²) in [6, 6.07) is 52.6. The molecule has 0 atom stereocenters. The zero-order valence-electron chi connectivity index (χ0n) is 41.3. The molecule has 0 aliphatic rings. The van der Waals surface area contributed by atoms with E-state index >= 15 is 0 Å². The van der Waals surface area contributed by atoms with Crippen LogP contribution in [-0.2, 0) is 21.1 Å². The van der Waals surface area contributed by atoms with E-state index in [1.807, 2.05) is 85.3 Å². The van der Waals surface area contributed by atoms with Crippen LogP contribution in [-0.4, -0.2) is 19.6 Å². The third-order valence-corrected chi connectivity index (χ3v) is 11.5. The fourth-order valence-corrected chi connectivity index (χ4v) is 8.14. The van der Waals surface area contributed by atoms with Gasteiger partial charge in [0.05, 0.1) is 16.6 Å². The van der Waals surface area contributed by atoms with Crippen molar-refractivity contribution >= 4 is 11.0 Å². The van der Waals surface area contributed by atoms with Crippen LogP contribution in [0.1, 0.15) is 75.6 Å². The van der Waals surface area contributed by atoms with Crippen LogP contribution in [0.25, 0.3) is 83.9 Å². The summed E-state index contributed by atoms with van der Waals surface area (Å²) in [7, 11) is 0. The monoisotopic (exact) mass is 993 g/mol. The topological polar surface area (TPSA) is 50.9 Å². The van der Waals surface area contributed by atoms with Gasteiger partial charge in [0.2, 0.25) is 0 Å². The van der Waals surface area contributed by atoms with E-state index < -0.39 is 13.7 Å². The molecule has 0 saturated heterocycles. The minimum absolute atomic E-state index is 0. The summed E-state index contributed by atoms with van der Waals surface area (Å²) in [6.07, 6.45) is 1.82. The first-order valence-corrected chi connectivity index (χ1v) is 20.8. The van der Waals surface area contributed by atoms with Gasteiger partial charge in [0, 0.05) is 46.9 Å². The van der Waals surface area contributed by atoms with E-state index in [0.29, 0.717) is 33.7 Å². The second-order valence-corrected chi connectivity index (χ2v) is 16.4. The number of para-hydroxylation sites is 1. The molecule has 0 amide bonds. The fourth-order valence-electron chi connectivity index (χ4n) is 8.14. The minimum Gasteiger partial charge on any atom is -0.507 e. The number of fused-ring (bicyclic) bond motifs is 1. The van der Waals surface area contributed by atoms with Crippen molar-refractivity contribution in [1.82, 2.24) is 14.5 Å². The third kappa shape index (κ3) is 8.08. The molecule has 0 radical (unpaired) electrons. The Morgan fingerprint density at radius 2 is 1.32 bits per heavy atom. The summed E-state index contributed by atoms with van der Waals surface area (Å²) in [5.74, 6) is 0.495. The number of aromatic hydroxyl groups is 1. The molecule has 7 aromatic carbocycles. The SMILES string of the molecule is [2H]C([2H])([2H])c1cc(-n2c(-c3cc(C(C)C)cc(C(C)C)c3O)nc3c(-c4[c-]c(-c5cc(-c6ccc(C)cc6)ccn5)cc(-c5ccccc5)c4)cccc32)cc(-c2ccccc2)c1C([2H])([2H])[2H].[Pt]. The summed E-state index contributed by atoms with van der Waals surface area (Å²) in [5, 5.41) is 12.3. The van der Waals surface area contributed by atoms with Crippen LogP contribution in [0.5, 0.6) is 5.75 Å². The molecule has 0 bridgehead atoms. The molecular formula is C57H50N3OPt-. The van der Waals surface area contributed by atoms with Gasteiger partial charge >= 0.3 is 0 Å². The Kier molecular flexibility index (Phi) is 9.99. The van der Waals surface area contributed by atoms with E-state index in [-0.39, 0.29) is 55.3 Å². The van der Waals surface area contributed by atoms with Gasteiger partial charge in [-0.15, -0.1) is 23.8 Å². The first kappa shape index (κ1) is 35.3. The molecule has 2 heterocycles. The van der Waals surface area contributed by atoms with Crippen LogP contribution in [0.15, 0.2) is 158 Å². The first-order chi connectivity index (χ1) is 32.0. The van der Waals surface area contributed by atoms with E-state index in [0.717, 1.165) is 55.8 Å². The number of pyridine rings is 1. The molecule has 9 aromatic rings. The molecule has 5 heteroatoms. The van der Waals surface area contributed by atoms with E-state index in [1.54, 1.807) is 30.3 Å². The van der Waals surface area contributed by atoms with Crippen LogP contribution in [0.4, 0.5) is 0 Å². The molecule has 4 nitrogen and oxygen atoms in total. The van der Waals surface area contributed by atoms with Crippen molar-refractivity contribution in [2.75, 3.05) is 0 Å². The Morgan fingerprint density at radius 1 is 0.613 bits per heavy atom. The quantitative estimate of drug-likeness (QED) is 0.147. The van der Waals surface area contributed by atoms with Gasteiger partial charge in [-0.1, -0.05) is 159 Å². The van der Waals surface area contributed by atoms with Crippen molar-refractivity contribution < 1.29 is 34.4 Å². The predicted molar refractivity (Wildman–Crippen MR) is 254 cm³/mol. The number of benzene rings is 7. The van der Waals surface area contributed by atoms with Crippen molar-refractivity contribution in [2.45, 2.75) is 60.2 Å². The smallest absolute Gasteiger partial charge is 0.148 e. The molecule has 9 rings (SSSR count). The number of hydrogen-bond acceptors (Lipinski definition) is 3. The van der Waals surface area contributed by atoms with Crippen LogP contribution in [0, 0.1) is 26.7 Å². The Hall–Kier alpha value is -6.35. The number of phenolic OH excluding ortho intramolecular Hbond substituents is 1. The van der Waals surface area contributed by atoms with Crippen LogP contribution in [0.2, 0.25) is 0 Å². The summed E-state index contributed by atoms with van der Waals surface area (Å²) < 4.78 is 54.1. The average molecular weight is 994 g/mol. The van der Waals surface area contributed by atoms with Crippen molar-refractivity contribution in [3.8, 4) is 78.6 Å². The van der Waals surface area contributed by atoms with E-state index in [9.17, 15) is 5.11 Å². The molecule has 0 fully saturated rings. The molecule has 0 aliphatic heterocycles. The summed E-state index contributed by atoms with van der Waals surface area (Å²) in [4.78, 5) is 10.3. The van der Waals surface area contributed by atoms with Crippen LogP contribution >= 0.6 is 0 Å². The van der Waals surface area contributed by atoms with E-state index in [1.165, 1.54) is 11.6 Å². The zero-order chi connectivity index (χ0) is 47.4. The number of hydrogen-bond donors (Lipinski definition) is 1. The number of rotatable bonds is 9. The second-order valence-electron chi connectivity index (χ2n) is 16.4. The largest absolute Gasteiger partial charge is 0.507 e. The molecule has 0 saturated carbocycles. The maximum absolute atomic E-state index is 12.3. The van der Waals surface area contributed by atoms with Gasteiger partial charge in [0.1, 0.15) is 11.6 Å². The Balaban J connectivity index is 0.00000625. The predicted octanol–water partition coefficient (Wildman–Crippen LogP) is 15.1. The number of imidazole rings is 1. The third-order valence-electron chi connectivity index (χ3n) is 11.5. The van der Waals surface area contributed by atoms with Gasteiger partial charge in [-0.05, 0) is 113 Å². The van der Waals surface area contributed by atoms with Gasteiger partial charge in [-0.25, -0.2) is 4.98 Å². The van der Waals surface area contributed by atoms with Crippen molar-refractivity contribution in [2.24, 2.45) is 0 Å². The standard InChI is InChI=1S/C57H50N3O.Pt/c1-35(2)44-31-50(36(3)4)56(61)52(32-44)57-59-55-49(19-14-20-54(55)60(57)48-27-38(6)39(7)51(34-48)42-17-12-9-13-18-42)46-28-45(40-15-10-8-11-16-40)29-47(30-46)53-33-43(25-26-58-53)41-23-21-37(5)22-24-41;/h8-29,31-36,61H,1-7H3;/q-1;/i6D3,7D3;. The number of aromatic nitrogens is 3. The molecule has 310 valence electrons. The van der Waals surface area contributed by atoms with Crippen LogP contribution in [0.3, 0.4) is 0 Å². The molecule has 0 spiro atoms. The molecule has 0 unspecified atom stereocenters. The molecule has 1 N–H and O–H groups in total. The molecular weight excluding hydrogens is 938 g/mol. The van der Waals surface area contributed by atoms with Gasteiger partial charge in [-0.2, -0.15) is 0 Å². The second kappa shape index (κ2) is 17.6. The minimum atomic E-state index is -2.80. The van der Waals surface area contributed by atoms with Gasteiger partial charge in [0.15, 0.2) is 0 Å². The normalized spacial score (nSPS) is 13.2. The van der Waals surface area contributed by atoms with Crippen molar-refractivity contribution in [3.63, 3.8) is 0 Å². The summed E-state index contributed by atoms with van der Waals surface area (Å²) in [5.41, 5.74) is 12.3. The van der Waals surface area contributed by atoms with Gasteiger partial charge in [0.25, 0.3) is 0 Å². The summed E-state index contributed by atoms with van der Waals surface area (Å²) in [6.45, 7) is 4.77. The van der Waals surface area contributed by atoms with Gasteiger partial charge in [-0.3, -0.25) is 9.55 Å². The molecule has 0 aliphatic carbocycles. The molecule has 2 aromatic heterocycles. The number of phenols is 1. The Bertz CT molecular complexity index is 3290. The van der Waals surface area contributed by atoms with Crippen molar-refractivity contribution in [1.29, 1.82) is 0 Å². The zero-order valence-corrected chi connectivity index (χ0v) is 37.5. The maximum Gasteiger partial charge on any atom is 0.148 e. The number of nitrogens with zero attached hydrogens (tertiary/aromatic N) is 3. The molecule has 62 heavy (non-hydrogen) atoms. The Labute approximate surface area is 388 Å².